The fourth-order valence-electron chi connectivity index (χ4n) is 1.58. The average molecular weight is 274 g/mol. The molecule has 3 N–H and O–H groups in total. The number of aliphatic hydroxyl groups is 1. The zero-order chi connectivity index (χ0) is 13.1. The zero-order valence-corrected chi connectivity index (χ0v) is 12.3. The lowest BCUT2D eigenvalue weighted by atomic mass is 9.83. The van der Waals surface area contributed by atoms with Crippen LogP contribution in [0.4, 0.5) is 0 Å². The predicted octanol–water partition coefficient (Wildman–Crippen LogP) is 2.91. The Morgan fingerprint density at radius 2 is 1.94 bits per heavy atom. The summed E-state index contributed by atoms with van der Waals surface area (Å²) in [5.41, 5.74) is 6.92. The van der Waals surface area contributed by atoms with Gasteiger partial charge in [0, 0.05) is 6.04 Å². The van der Waals surface area contributed by atoms with Crippen LogP contribution in [0.3, 0.4) is 0 Å². The lowest BCUT2D eigenvalue weighted by molar-refractivity contribution is 0.133. The van der Waals surface area contributed by atoms with Crippen molar-refractivity contribution in [1.29, 1.82) is 0 Å². The van der Waals surface area contributed by atoms with Crippen LogP contribution in [-0.4, -0.2) is 18.3 Å². The summed E-state index contributed by atoms with van der Waals surface area (Å²) in [6, 6.07) is 7.44. The van der Waals surface area contributed by atoms with Crippen molar-refractivity contribution in [3.8, 4) is 5.75 Å². The number of aliphatic hydroxyl groups excluding tert-OH is 1. The number of rotatable bonds is 4. The monoisotopic (exact) mass is 273 g/mol. The Bertz CT molecular complexity index is 363. The molecule has 3 nitrogen and oxygen atoms in total. The van der Waals surface area contributed by atoms with Crippen LogP contribution in [0.25, 0.3) is 0 Å². The highest BCUT2D eigenvalue weighted by molar-refractivity contribution is 5.85. The quantitative estimate of drug-likeness (QED) is 0.887. The van der Waals surface area contributed by atoms with E-state index in [0.717, 1.165) is 11.3 Å². The molecule has 0 radical (unpaired) electrons. The van der Waals surface area contributed by atoms with Gasteiger partial charge >= 0.3 is 0 Å². The maximum atomic E-state index is 10.1. The van der Waals surface area contributed by atoms with Crippen molar-refractivity contribution in [1.82, 2.24) is 0 Å². The van der Waals surface area contributed by atoms with Gasteiger partial charge in [0.05, 0.1) is 13.2 Å². The fraction of sp³-hybridized carbons (Fsp3) is 0.571. The van der Waals surface area contributed by atoms with Crippen molar-refractivity contribution in [3.05, 3.63) is 29.8 Å². The molecule has 0 aliphatic heterocycles. The third kappa shape index (κ3) is 4.84. The predicted molar refractivity (Wildman–Crippen MR) is 77.2 cm³/mol. The minimum Gasteiger partial charge on any atom is -0.497 e. The van der Waals surface area contributed by atoms with Crippen molar-refractivity contribution in [3.63, 3.8) is 0 Å². The van der Waals surface area contributed by atoms with Crippen LogP contribution in [0.1, 0.15) is 38.9 Å². The van der Waals surface area contributed by atoms with Crippen molar-refractivity contribution in [2.45, 2.75) is 39.3 Å². The smallest absolute Gasteiger partial charge is 0.119 e. The Kier molecular flexibility index (Phi) is 6.68. The molecule has 104 valence electrons. The Hall–Kier alpha value is -0.770. The number of hydrogen-bond acceptors (Lipinski definition) is 3. The molecule has 0 fully saturated rings. The van der Waals surface area contributed by atoms with Crippen LogP contribution in [0.5, 0.6) is 5.75 Å². The molecule has 2 atom stereocenters. The minimum absolute atomic E-state index is 0. The molecular weight excluding hydrogens is 250 g/mol. The highest BCUT2D eigenvalue weighted by atomic mass is 35.5. The van der Waals surface area contributed by atoms with Crippen molar-refractivity contribution < 1.29 is 9.84 Å². The van der Waals surface area contributed by atoms with Crippen LogP contribution in [0, 0.1) is 5.41 Å². The van der Waals surface area contributed by atoms with E-state index >= 15 is 0 Å². The first-order valence-electron chi connectivity index (χ1n) is 5.92. The number of halogens is 1. The van der Waals surface area contributed by atoms with Gasteiger partial charge in [0.25, 0.3) is 0 Å². The molecule has 0 unspecified atom stereocenters. The summed E-state index contributed by atoms with van der Waals surface area (Å²) in [5.74, 6) is 0.755. The van der Waals surface area contributed by atoms with Crippen LogP contribution in [0.2, 0.25) is 0 Å². The molecular formula is C14H24ClNO2. The van der Waals surface area contributed by atoms with Gasteiger partial charge in [-0.1, -0.05) is 32.9 Å². The van der Waals surface area contributed by atoms with E-state index in [4.69, 9.17) is 10.5 Å². The molecule has 0 bridgehead atoms. The van der Waals surface area contributed by atoms with Gasteiger partial charge in [0.2, 0.25) is 0 Å². The second-order valence-corrected chi connectivity index (χ2v) is 5.50. The molecule has 0 aliphatic rings. The fourth-order valence-corrected chi connectivity index (χ4v) is 1.58. The highest BCUT2D eigenvalue weighted by Crippen LogP contribution is 2.28. The molecule has 18 heavy (non-hydrogen) atoms. The van der Waals surface area contributed by atoms with E-state index in [-0.39, 0.29) is 23.9 Å². The van der Waals surface area contributed by atoms with Gasteiger partial charge in [-0.15, -0.1) is 12.4 Å². The number of benzene rings is 1. The summed E-state index contributed by atoms with van der Waals surface area (Å²) in [6.45, 7) is 6.24. The van der Waals surface area contributed by atoms with Crippen LogP contribution < -0.4 is 10.5 Å². The van der Waals surface area contributed by atoms with E-state index in [1.165, 1.54) is 0 Å². The number of nitrogens with two attached hydrogens (primary N) is 1. The van der Waals surface area contributed by atoms with Gasteiger partial charge in [-0.05, 0) is 29.5 Å². The average Bonchev–Trinajstić information content (AvgIpc) is 2.27. The summed E-state index contributed by atoms with van der Waals surface area (Å²) in [7, 11) is 1.62. The molecule has 0 saturated carbocycles. The summed E-state index contributed by atoms with van der Waals surface area (Å²) < 4.78 is 5.13. The normalized spacial score (nSPS) is 14.6. The van der Waals surface area contributed by atoms with Crippen molar-refractivity contribution in [2.75, 3.05) is 7.11 Å². The first kappa shape index (κ1) is 17.2. The van der Waals surface area contributed by atoms with Crippen molar-refractivity contribution >= 4 is 12.4 Å². The van der Waals surface area contributed by atoms with Gasteiger partial charge in [0.1, 0.15) is 5.75 Å². The third-order valence-corrected chi connectivity index (χ3v) is 3.07. The molecule has 1 rings (SSSR count). The SMILES string of the molecule is COc1cccc([C@H](O)C[C@H](N)C(C)(C)C)c1.Cl. The van der Waals surface area contributed by atoms with E-state index in [1.807, 2.05) is 24.3 Å². The molecule has 1 aromatic carbocycles. The van der Waals surface area contributed by atoms with Crippen molar-refractivity contribution in [2.24, 2.45) is 11.1 Å². The Balaban J connectivity index is 0.00000289. The van der Waals surface area contributed by atoms with Crippen LogP contribution >= 0.6 is 12.4 Å². The molecule has 0 saturated heterocycles. The minimum atomic E-state index is -0.542. The Morgan fingerprint density at radius 3 is 2.44 bits per heavy atom. The lowest BCUT2D eigenvalue weighted by Crippen LogP contribution is -2.36. The first-order valence-corrected chi connectivity index (χ1v) is 5.92. The molecule has 0 aliphatic carbocycles. The second kappa shape index (κ2) is 6.98. The number of ether oxygens (including phenoxy) is 1. The second-order valence-electron chi connectivity index (χ2n) is 5.50. The van der Waals surface area contributed by atoms with Crippen LogP contribution in [0.15, 0.2) is 24.3 Å². The first-order chi connectivity index (χ1) is 7.84. The molecule has 4 heteroatoms. The Labute approximate surface area is 116 Å². The summed E-state index contributed by atoms with van der Waals surface area (Å²) in [5, 5.41) is 10.1. The summed E-state index contributed by atoms with van der Waals surface area (Å²) >= 11 is 0. The van der Waals surface area contributed by atoms with E-state index < -0.39 is 6.10 Å². The van der Waals surface area contributed by atoms with Gasteiger partial charge < -0.3 is 15.6 Å². The molecule has 0 heterocycles. The maximum Gasteiger partial charge on any atom is 0.119 e. The molecule has 0 spiro atoms. The largest absolute Gasteiger partial charge is 0.497 e. The number of hydrogen-bond donors (Lipinski definition) is 2. The maximum absolute atomic E-state index is 10.1. The van der Waals surface area contributed by atoms with E-state index in [2.05, 4.69) is 20.8 Å². The van der Waals surface area contributed by atoms with E-state index in [1.54, 1.807) is 7.11 Å². The standard InChI is InChI=1S/C14H23NO2.ClH/c1-14(2,3)13(15)9-12(16)10-6-5-7-11(8-10)17-4;/h5-8,12-13,16H,9,15H2,1-4H3;1H/t12-,13+;/m1./s1. The van der Waals surface area contributed by atoms with Crippen LogP contribution in [-0.2, 0) is 0 Å². The Morgan fingerprint density at radius 1 is 1.33 bits per heavy atom. The number of methoxy groups -OCH3 is 1. The van der Waals surface area contributed by atoms with Gasteiger partial charge in [-0.25, -0.2) is 0 Å². The van der Waals surface area contributed by atoms with Gasteiger partial charge in [-0.2, -0.15) is 0 Å². The summed E-state index contributed by atoms with van der Waals surface area (Å²) in [6.07, 6.45) is 0.00996. The molecule has 1 aromatic rings. The third-order valence-electron chi connectivity index (χ3n) is 3.07. The van der Waals surface area contributed by atoms with E-state index in [0.29, 0.717) is 6.42 Å². The molecule has 0 aromatic heterocycles. The topological polar surface area (TPSA) is 55.5 Å². The van der Waals surface area contributed by atoms with Gasteiger partial charge in [0.15, 0.2) is 0 Å². The summed E-state index contributed by atoms with van der Waals surface area (Å²) in [4.78, 5) is 0. The van der Waals surface area contributed by atoms with E-state index in [9.17, 15) is 5.11 Å². The van der Waals surface area contributed by atoms with Gasteiger partial charge in [-0.3, -0.25) is 0 Å². The zero-order valence-electron chi connectivity index (χ0n) is 11.5. The highest BCUT2D eigenvalue weighted by Gasteiger charge is 2.24. The lowest BCUT2D eigenvalue weighted by Gasteiger charge is -2.29. The molecule has 0 amide bonds.